The maximum Gasteiger partial charge on any atom is 0.238 e. The molecule has 1 atom stereocenters. The predicted octanol–water partition coefficient (Wildman–Crippen LogP) is 4.41. The molecule has 9 heteroatoms. The van der Waals surface area contributed by atoms with Crippen LogP contribution in [-0.2, 0) is 11.3 Å². The number of carbonyl (C=O) groups is 1. The molecule has 1 amide bonds. The molecular formula is C24H28FN5O2S. The van der Waals surface area contributed by atoms with E-state index in [4.69, 9.17) is 4.42 Å². The molecule has 5 rings (SSSR count). The van der Waals surface area contributed by atoms with Gasteiger partial charge in [0.15, 0.2) is 5.16 Å². The van der Waals surface area contributed by atoms with Gasteiger partial charge in [-0.3, -0.25) is 9.36 Å². The fourth-order valence-electron chi connectivity index (χ4n) is 4.03. The molecular weight excluding hydrogens is 441 g/mol. The van der Waals surface area contributed by atoms with Crippen molar-refractivity contribution >= 4 is 23.6 Å². The van der Waals surface area contributed by atoms with Crippen molar-refractivity contribution in [2.45, 2.75) is 55.6 Å². The van der Waals surface area contributed by atoms with Gasteiger partial charge in [0.05, 0.1) is 12.8 Å². The van der Waals surface area contributed by atoms with Gasteiger partial charge in [-0.25, -0.2) is 4.39 Å². The van der Waals surface area contributed by atoms with Gasteiger partial charge in [-0.15, -0.1) is 10.2 Å². The van der Waals surface area contributed by atoms with E-state index in [2.05, 4.69) is 27.3 Å². The highest BCUT2D eigenvalue weighted by Crippen LogP contribution is 2.37. The van der Waals surface area contributed by atoms with E-state index in [1.165, 1.54) is 23.9 Å². The van der Waals surface area contributed by atoms with Crippen LogP contribution in [0.3, 0.4) is 0 Å². The summed E-state index contributed by atoms with van der Waals surface area (Å²) in [6.07, 6.45) is 5.87. The van der Waals surface area contributed by atoms with E-state index in [0.29, 0.717) is 17.6 Å². The molecule has 1 N–H and O–H groups in total. The molecule has 1 unspecified atom stereocenters. The zero-order valence-electron chi connectivity index (χ0n) is 18.6. The number of carbonyl (C=O) groups excluding carboxylic acids is 1. The lowest BCUT2D eigenvalue weighted by molar-refractivity contribution is -0.120. The second kappa shape index (κ2) is 9.59. The molecule has 0 radical (unpaired) electrons. The summed E-state index contributed by atoms with van der Waals surface area (Å²) in [4.78, 5) is 15.4. The number of rotatable bonds is 8. The number of amides is 1. The Morgan fingerprint density at radius 2 is 1.94 bits per heavy atom. The molecule has 33 heavy (non-hydrogen) atoms. The van der Waals surface area contributed by atoms with Gasteiger partial charge in [0.2, 0.25) is 11.9 Å². The SMILES string of the molecule is CC1CCN(c2nnc(SC(C(=O)NC3CC3)c3ccc(F)cc3)n2Cc2ccco2)CC1. The van der Waals surface area contributed by atoms with Crippen LogP contribution in [0.15, 0.2) is 52.2 Å². The largest absolute Gasteiger partial charge is 0.467 e. The Morgan fingerprint density at radius 1 is 1.18 bits per heavy atom. The topological polar surface area (TPSA) is 76.2 Å². The highest BCUT2D eigenvalue weighted by molar-refractivity contribution is 8.00. The predicted molar refractivity (Wildman–Crippen MR) is 125 cm³/mol. The van der Waals surface area contributed by atoms with Crippen LogP contribution in [-0.4, -0.2) is 39.8 Å². The highest BCUT2D eigenvalue weighted by atomic mass is 32.2. The summed E-state index contributed by atoms with van der Waals surface area (Å²) in [5, 5.41) is 12.2. The number of nitrogens with zero attached hydrogens (tertiary/aromatic N) is 4. The first-order valence-corrected chi connectivity index (χ1v) is 12.4. The number of piperidine rings is 1. The Kier molecular flexibility index (Phi) is 6.39. The van der Waals surface area contributed by atoms with Crippen LogP contribution in [0.5, 0.6) is 0 Å². The lowest BCUT2D eigenvalue weighted by atomic mass is 10.00. The molecule has 2 aliphatic rings. The van der Waals surface area contributed by atoms with E-state index in [1.54, 1.807) is 18.4 Å². The van der Waals surface area contributed by atoms with Gasteiger partial charge in [-0.2, -0.15) is 0 Å². The molecule has 174 valence electrons. The third-order valence-corrected chi connectivity index (χ3v) is 7.45. The summed E-state index contributed by atoms with van der Waals surface area (Å²) in [6.45, 7) is 4.60. The third kappa shape index (κ3) is 5.24. The number of thioether (sulfide) groups is 1. The molecule has 7 nitrogen and oxygen atoms in total. The van der Waals surface area contributed by atoms with Gasteiger partial charge in [-0.05, 0) is 61.4 Å². The first-order chi connectivity index (χ1) is 16.1. The molecule has 1 aromatic carbocycles. The lowest BCUT2D eigenvalue weighted by Crippen LogP contribution is -2.35. The monoisotopic (exact) mass is 469 g/mol. The Hall–Kier alpha value is -2.81. The van der Waals surface area contributed by atoms with E-state index < -0.39 is 5.25 Å². The van der Waals surface area contributed by atoms with Crippen molar-refractivity contribution in [1.82, 2.24) is 20.1 Å². The Labute approximate surface area is 196 Å². The molecule has 2 aromatic heterocycles. The molecule has 3 heterocycles. The number of halogens is 1. The van der Waals surface area contributed by atoms with Crippen molar-refractivity contribution in [2.24, 2.45) is 5.92 Å². The molecule has 2 fully saturated rings. The molecule has 1 aliphatic heterocycles. The first-order valence-electron chi connectivity index (χ1n) is 11.5. The Morgan fingerprint density at radius 3 is 2.61 bits per heavy atom. The van der Waals surface area contributed by atoms with E-state index in [0.717, 1.165) is 56.0 Å². The fraction of sp³-hybridized carbons (Fsp3) is 0.458. The summed E-state index contributed by atoms with van der Waals surface area (Å²) >= 11 is 1.35. The van der Waals surface area contributed by atoms with Crippen molar-refractivity contribution in [3.05, 3.63) is 59.8 Å². The second-order valence-corrected chi connectivity index (χ2v) is 10.0. The number of anilines is 1. The second-order valence-electron chi connectivity index (χ2n) is 8.95. The minimum absolute atomic E-state index is 0.0880. The maximum atomic E-state index is 13.6. The number of hydrogen-bond acceptors (Lipinski definition) is 6. The smallest absolute Gasteiger partial charge is 0.238 e. The van der Waals surface area contributed by atoms with E-state index in [-0.39, 0.29) is 17.8 Å². The molecule has 1 aliphatic carbocycles. The average Bonchev–Trinajstić information content (AvgIpc) is 3.31. The van der Waals surface area contributed by atoms with Gasteiger partial charge in [0.1, 0.15) is 16.8 Å². The van der Waals surface area contributed by atoms with Crippen LogP contribution in [0, 0.1) is 11.7 Å². The van der Waals surface area contributed by atoms with Gasteiger partial charge in [0.25, 0.3) is 0 Å². The van der Waals surface area contributed by atoms with E-state index >= 15 is 0 Å². The highest BCUT2D eigenvalue weighted by Gasteiger charge is 2.32. The lowest BCUT2D eigenvalue weighted by Gasteiger charge is -2.31. The zero-order chi connectivity index (χ0) is 22.8. The fourth-order valence-corrected chi connectivity index (χ4v) is 5.07. The zero-order valence-corrected chi connectivity index (χ0v) is 19.4. The molecule has 3 aromatic rings. The van der Waals surface area contributed by atoms with E-state index in [1.807, 2.05) is 16.7 Å². The van der Waals surface area contributed by atoms with Crippen molar-refractivity contribution in [3.63, 3.8) is 0 Å². The Bertz CT molecular complexity index is 1070. The molecule has 0 bridgehead atoms. The standard InChI is InChI=1S/C24H28FN5O2S/c1-16-10-12-29(13-11-16)23-27-28-24(30(23)15-20-3-2-14-32-20)33-21(22(31)26-19-8-9-19)17-4-6-18(25)7-5-17/h2-7,14,16,19,21H,8-13,15H2,1H3,(H,26,31). The summed E-state index contributed by atoms with van der Waals surface area (Å²) in [7, 11) is 0. The van der Waals surface area contributed by atoms with Crippen LogP contribution in [0.4, 0.5) is 10.3 Å². The van der Waals surface area contributed by atoms with Crippen molar-refractivity contribution in [3.8, 4) is 0 Å². The third-order valence-electron chi connectivity index (χ3n) is 6.22. The van der Waals surface area contributed by atoms with Crippen LogP contribution in [0.1, 0.15) is 49.2 Å². The summed E-state index contributed by atoms with van der Waals surface area (Å²) in [6, 6.07) is 10.1. The number of benzene rings is 1. The van der Waals surface area contributed by atoms with Gasteiger partial charge < -0.3 is 14.6 Å². The van der Waals surface area contributed by atoms with Gasteiger partial charge in [-0.1, -0.05) is 30.8 Å². The number of nitrogens with one attached hydrogen (secondary N) is 1. The Balaban J connectivity index is 1.46. The number of aromatic nitrogens is 3. The maximum absolute atomic E-state index is 13.6. The van der Waals surface area contributed by atoms with Crippen molar-refractivity contribution < 1.29 is 13.6 Å². The van der Waals surface area contributed by atoms with Crippen LogP contribution in [0.2, 0.25) is 0 Å². The normalized spacial score (nSPS) is 17.8. The molecule has 0 spiro atoms. The van der Waals surface area contributed by atoms with Crippen LogP contribution < -0.4 is 10.2 Å². The average molecular weight is 470 g/mol. The number of furan rings is 1. The van der Waals surface area contributed by atoms with Crippen molar-refractivity contribution in [2.75, 3.05) is 18.0 Å². The van der Waals surface area contributed by atoms with Crippen LogP contribution in [0.25, 0.3) is 0 Å². The summed E-state index contributed by atoms with van der Waals surface area (Å²) in [5.74, 6) is 1.87. The minimum atomic E-state index is -0.556. The molecule has 1 saturated carbocycles. The minimum Gasteiger partial charge on any atom is -0.467 e. The molecule has 1 saturated heterocycles. The first kappa shape index (κ1) is 22.0. The number of hydrogen-bond donors (Lipinski definition) is 1. The summed E-state index contributed by atoms with van der Waals surface area (Å²) < 4.78 is 21.2. The van der Waals surface area contributed by atoms with Gasteiger partial charge >= 0.3 is 0 Å². The van der Waals surface area contributed by atoms with Crippen LogP contribution >= 0.6 is 11.8 Å². The van der Waals surface area contributed by atoms with Crippen molar-refractivity contribution in [1.29, 1.82) is 0 Å². The van der Waals surface area contributed by atoms with Gasteiger partial charge in [0, 0.05) is 19.1 Å². The quantitative estimate of drug-likeness (QED) is 0.493. The van der Waals surface area contributed by atoms with E-state index in [9.17, 15) is 9.18 Å². The summed E-state index contributed by atoms with van der Waals surface area (Å²) in [5.41, 5.74) is 0.737.